The molecular weight excluding hydrogens is 226 g/mol. The number of nitrogens with two attached hydrogens (primary N) is 2. The fourth-order valence-electron chi connectivity index (χ4n) is 1.66. The van der Waals surface area contributed by atoms with Gasteiger partial charge in [-0.1, -0.05) is 0 Å². The lowest BCUT2D eigenvalue weighted by Gasteiger charge is -2.15. The van der Waals surface area contributed by atoms with E-state index in [1.807, 2.05) is 0 Å². The smallest absolute Gasteiger partial charge is 0.156 e. The summed E-state index contributed by atoms with van der Waals surface area (Å²) in [4.78, 5) is 7.66. The van der Waals surface area contributed by atoms with Gasteiger partial charge in [-0.15, -0.1) is 0 Å². The van der Waals surface area contributed by atoms with E-state index in [0.29, 0.717) is 12.2 Å². The van der Waals surface area contributed by atoms with Gasteiger partial charge in [0.25, 0.3) is 0 Å². The molecule has 1 aromatic heterocycles. The molecule has 1 aliphatic rings. The molecular formula is C9H15N5O3. The van der Waals surface area contributed by atoms with Crippen LogP contribution in [0.15, 0.2) is 6.33 Å². The van der Waals surface area contributed by atoms with Crippen LogP contribution in [0.4, 0.5) is 17.3 Å². The molecule has 94 valence electrons. The van der Waals surface area contributed by atoms with Gasteiger partial charge in [-0.05, 0) is 0 Å². The summed E-state index contributed by atoms with van der Waals surface area (Å²) in [5.41, 5.74) is 11.4. The third-order valence-corrected chi connectivity index (χ3v) is 2.62. The Morgan fingerprint density at radius 3 is 2.88 bits per heavy atom. The first-order valence-corrected chi connectivity index (χ1v) is 5.18. The van der Waals surface area contributed by atoms with Crippen LogP contribution in [0.1, 0.15) is 6.42 Å². The topological polar surface area (TPSA) is 140 Å². The maximum absolute atomic E-state index is 9.55. The highest BCUT2D eigenvalue weighted by molar-refractivity contribution is 5.72. The second-order valence-corrected chi connectivity index (χ2v) is 3.81. The molecule has 8 heteroatoms. The number of hydrogen-bond acceptors (Lipinski definition) is 8. The van der Waals surface area contributed by atoms with Gasteiger partial charge >= 0.3 is 0 Å². The number of nitrogens with zero attached hydrogens (tertiary/aromatic N) is 2. The highest BCUT2D eigenvalue weighted by Crippen LogP contribution is 2.25. The minimum atomic E-state index is -0.710. The molecule has 3 atom stereocenters. The van der Waals surface area contributed by atoms with Crippen molar-refractivity contribution in [3.8, 4) is 0 Å². The number of aromatic nitrogens is 2. The average molecular weight is 241 g/mol. The van der Waals surface area contributed by atoms with Gasteiger partial charge in [-0.2, -0.15) is 0 Å². The maximum Gasteiger partial charge on any atom is 0.156 e. The number of nitrogens with one attached hydrogen (secondary N) is 1. The number of hydrogen-bond donors (Lipinski definition) is 5. The Morgan fingerprint density at radius 1 is 1.47 bits per heavy atom. The van der Waals surface area contributed by atoms with Crippen molar-refractivity contribution in [3.63, 3.8) is 0 Å². The lowest BCUT2D eigenvalue weighted by molar-refractivity contribution is -0.0149. The van der Waals surface area contributed by atoms with Crippen molar-refractivity contribution in [3.05, 3.63) is 6.33 Å². The molecule has 2 rings (SSSR count). The Labute approximate surface area is 97.6 Å². The van der Waals surface area contributed by atoms with Crippen molar-refractivity contribution >= 4 is 17.3 Å². The van der Waals surface area contributed by atoms with Crippen molar-refractivity contribution in [2.24, 2.45) is 0 Å². The Morgan fingerprint density at radius 2 is 2.24 bits per heavy atom. The summed E-state index contributed by atoms with van der Waals surface area (Å²) >= 11 is 0. The second-order valence-electron chi connectivity index (χ2n) is 3.81. The summed E-state index contributed by atoms with van der Waals surface area (Å²) in [5.74, 6) is 0.535. The monoisotopic (exact) mass is 241 g/mol. The number of rotatable bonds is 3. The molecule has 0 bridgehead atoms. The van der Waals surface area contributed by atoms with E-state index in [9.17, 15) is 5.11 Å². The number of anilines is 3. The lowest BCUT2D eigenvalue weighted by Crippen LogP contribution is -2.25. The molecule has 1 aliphatic heterocycles. The van der Waals surface area contributed by atoms with Crippen molar-refractivity contribution in [2.45, 2.75) is 24.9 Å². The van der Waals surface area contributed by atoms with Gasteiger partial charge in [0.2, 0.25) is 0 Å². The summed E-state index contributed by atoms with van der Waals surface area (Å²) in [6, 6.07) is 0. The molecule has 8 nitrogen and oxygen atoms in total. The van der Waals surface area contributed by atoms with Gasteiger partial charge in [-0.3, -0.25) is 0 Å². The van der Waals surface area contributed by atoms with Gasteiger partial charge in [0, 0.05) is 6.42 Å². The van der Waals surface area contributed by atoms with Gasteiger partial charge in [0.05, 0.1) is 12.7 Å². The SMILES string of the molecule is Nc1ncnc(NC2CC(O)C(CO)O2)c1N. The van der Waals surface area contributed by atoms with E-state index < -0.39 is 18.4 Å². The Bertz CT molecular complexity index is 402. The number of aliphatic hydroxyl groups is 2. The van der Waals surface area contributed by atoms with Crippen LogP contribution < -0.4 is 16.8 Å². The van der Waals surface area contributed by atoms with Crippen molar-refractivity contribution in [2.75, 3.05) is 23.4 Å². The van der Waals surface area contributed by atoms with E-state index in [0.717, 1.165) is 0 Å². The Hall–Kier alpha value is -1.64. The molecule has 3 unspecified atom stereocenters. The summed E-state index contributed by atoms with van der Waals surface area (Å²) in [7, 11) is 0. The van der Waals surface area contributed by atoms with Crippen molar-refractivity contribution in [1.82, 2.24) is 9.97 Å². The van der Waals surface area contributed by atoms with E-state index in [4.69, 9.17) is 21.3 Å². The Balaban J connectivity index is 2.05. The predicted octanol–water partition coefficient (Wildman–Crippen LogP) is -1.48. The fourth-order valence-corrected chi connectivity index (χ4v) is 1.66. The van der Waals surface area contributed by atoms with E-state index in [2.05, 4.69) is 15.3 Å². The first-order valence-electron chi connectivity index (χ1n) is 5.18. The molecule has 0 aromatic carbocycles. The Kier molecular flexibility index (Phi) is 3.27. The van der Waals surface area contributed by atoms with Gasteiger partial charge in [0.15, 0.2) is 11.6 Å². The van der Waals surface area contributed by atoms with Gasteiger partial charge in [0.1, 0.15) is 24.3 Å². The quantitative estimate of drug-likeness (QED) is 0.431. The van der Waals surface area contributed by atoms with Crippen molar-refractivity contribution in [1.29, 1.82) is 0 Å². The normalized spacial score (nSPS) is 28.2. The minimum Gasteiger partial charge on any atom is -0.394 e. The third kappa shape index (κ3) is 2.38. The fraction of sp³-hybridized carbons (Fsp3) is 0.556. The third-order valence-electron chi connectivity index (χ3n) is 2.62. The van der Waals surface area contributed by atoms with Crippen LogP contribution in [0.25, 0.3) is 0 Å². The molecule has 1 saturated heterocycles. The largest absolute Gasteiger partial charge is 0.394 e. The zero-order valence-electron chi connectivity index (χ0n) is 9.08. The van der Waals surface area contributed by atoms with Crippen LogP contribution in [-0.2, 0) is 4.74 Å². The summed E-state index contributed by atoms with van der Waals surface area (Å²) in [6.07, 6.45) is -0.137. The van der Waals surface area contributed by atoms with E-state index in [1.54, 1.807) is 0 Å². The standard InChI is InChI=1S/C9H15N5O3/c10-7-8(11)12-3-13-9(7)14-6-1-4(16)5(2-15)17-6/h3-6,15-16H,1-2,10H2,(H3,11,12,13,14). The van der Waals surface area contributed by atoms with Crippen LogP contribution >= 0.6 is 0 Å². The summed E-state index contributed by atoms with van der Waals surface area (Å²) in [6.45, 7) is -0.235. The molecule has 1 fully saturated rings. The van der Waals surface area contributed by atoms with Gasteiger partial charge in [-0.25, -0.2) is 9.97 Å². The maximum atomic E-state index is 9.55. The molecule has 0 saturated carbocycles. The van der Waals surface area contributed by atoms with E-state index in [-0.39, 0.29) is 18.1 Å². The molecule has 0 aliphatic carbocycles. The molecule has 0 spiro atoms. The van der Waals surface area contributed by atoms with Crippen LogP contribution in [0.2, 0.25) is 0 Å². The predicted molar refractivity (Wildman–Crippen MR) is 60.9 cm³/mol. The highest BCUT2D eigenvalue weighted by Gasteiger charge is 2.33. The van der Waals surface area contributed by atoms with Crippen LogP contribution in [0, 0.1) is 0 Å². The van der Waals surface area contributed by atoms with Crippen LogP contribution in [-0.4, -0.2) is 45.2 Å². The number of aliphatic hydroxyl groups excluding tert-OH is 2. The molecule has 17 heavy (non-hydrogen) atoms. The van der Waals surface area contributed by atoms with Gasteiger partial charge < -0.3 is 31.7 Å². The molecule has 7 N–H and O–H groups in total. The minimum absolute atomic E-state index is 0.180. The zero-order chi connectivity index (χ0) is 12.4. The van der Waals surface area contributed by atoms with Crippen LogP contribution in [0.3, 0.4) is 0 Å². The van der Waals surface area contributed by atoms with E-state index >= 15 is 0 Å². The lowest BCUT2D eigenvalue weighted by atomic mass is 10.2. The van der Waals surface area contributed by atoms with Crippen LogP contribution in [0.5, 0.6) is 0 Å². The number of nitrogen functional groups attached to an aromatic ring is 2. The first kappa shape index (κ1) is 11.8. The molecule has 2 heterocycles. The summed E-state index contributed by atoms with van der Waals surface area (Å²) < 4.78 is 5.35. The molecule has 1 aromatic rings. The molecule has 0 radical (unpaired) electrons. The molecule has 0 amide bonds. The first-order chi connectivity index (χ1) is 8.11. The highest BCUT2D eigenvalue weighted by atomic mass is 16.5. The second kappa shape index (κ2) is 4.70. The summed E-state index contributed by atoms with van der Waals surface area (Å²) in [5, 5.41) is 21.4. The average Bonchev–Trinajstić information content (AvgIpc) is 2.65. The van der Waals surface area contributed by atoms with E-state index in [1.165, 1.54) is 6.33 Å². The number of ether oxygens (including phenoxy) is 1. The van der Waals surface area contributed by atoms with Crippen molar-refractivity contribution < 1.29 is 14.9 Å². The zero-order valence-corrected chi connectivity index (χ0v) is 9.08.